The zero-order valence-corrected chi connectivity index (χ0v) is 16.2. The van der Waals surface area contributed by atoms with E-state index in [-0.39, 0.29) is 12.5 Å². The molecule has 0 saturated heterocycles. The number of aryl methyl sites for hydroxylation is 1. The Morgan fingerprint density at radius 1 is 1.18 bits per heavy atom. The van der Waals surface area contributed by atoms with Gasteiger partial charge in [0.05, 0.1) is 7.11 Å². The number of aromatic nitrogens is 1. The second-order valence-electron chi connectivity index (χ2n) is 6.99. The van der Waals surface area contributed by atoms with Crippen LogP contribution >= 0.6 is 0 Å². The minimum absolute atomic E-state index is 0.00658. The van der Waals surface area contributed by atoms with Gasteiger partial charge in [-0.1, -0.05) is 30.3 Å². The Morgan fingerprint density at radius 2 is 2.00 bits per heavy atom. The molecule has 1 aliphatic rings. The maximum Gasteiger partial charge on any atom is 0.260 e. The molecule has 5 nitrogen and oxygen atoms in total. The lowest BCUT2D eigenvalue weighted by atomic mass is 9.98. The number of nitrogens with zero attached hydrogens (tertiary/aromatic N) is 1. The van der Waals surface area contributed by atoms with Crippen LogP contribution in [0.1, 0.15) is 17.5 Å². The lowest BCUT2D eigenvalue weighted by Crippen LogP contribution is -2.37. The van der Waals surface area contributed by atoms with Crippen molar-refractivity contribution in [3.05, 3.63) is 65.9 Å². The van der Waals surface area contributed by atoms with Gasteiger partial charge in [-0.15, -0.1) is 0 Å². The number of para-hydroxylation sites is 1. The molecule has 2 heterocycles. The fourth-order valence-electron chi connectivity index (χ4n) is 3.64. The smallest absolute Gasteiger partial charge is 0.260 e. The number of rotatable bonds is 5. The molecule has 28 heavy (non-hydrogen) atoms. The SMILES string of the molecule is COc1cccc(OCC(=O)N2CC=C(c3c[nH]c4c(C)cccc34)CC2)c1. The summed E-state index contributed by atoms with van der Waals surface area (Å²) < 4.78 is 10.8. The van der Waals surface area contributed by atoms with Crippen LogP contribution in [0.5, 0.6) is 11.5 Å². The van der Waals surface area contributed by atoms with Gasteiger partial charge < -0.3 is 19.4 Å². The van der Waals surface area contributed by atoms with Gasteiger partial charge in [-0.05, 0) is 36.6 Å². The highest BCUT2D eigenvalue weighted by atomic mass is 16.5. The van der Waals surface area contributed by atoms with Gasteiger partial charge in [-0.3, -0.25) is 4.79 Å². The second-order valence-corrected chi connectivity index (χ2v) is 6.99. The molecule has 0 bridgehead atoms. The van der Waals surface area contributed by atoms with Crippen LogP contribution in [0.25, 0.3) is 16.5 Å². The third-order valence-corrected chi connectivity index (χ3v) is 5.24. The molecule has 144 valence electrons. The number of hydrogen-bond donors (Lipinski definition) is 1. The summed E-state index contributed by atoms with van der Waals surface area (Å²) in [5, 5.41) is 1.24. The molecule has 1 amide bonds. The van der Waals surface area contributed by atoms with Crippen molar-refractivity contribution in [1.29, 1.82) is 0 Å². The predicted octanol–water partition coefficient (Wildman–Crippen LogP) is 4.18. The number of fused-ring (bicyclic) bond motifs is 1. The Labute approximate surface area is 164 Å². The molecule has 0 atom stereocenters. The number of benzene rings is 2. The number of aromatic amines is 1. The van der Waals surface area contributed by atoms with Crippen LogP contribution in [-0.2, 0) is 4.79 Å². The van der Waals surface area contributed by atoms with E-state index in [0.29, 0.717) is 24.6 Å². The monoisotopic (exact) mass is 376 g/mol. The highest BCUT2D eigenvalue weighted by molar-refractivity contribution is 5.94. The van der Waals surface area contributed by atoms with E-state index in [9.17, 15) is 4.79 Å². The Bertz CT molecular complexity index is 1040. The van der Waals surface area contributed by atoms with Gasteiger partial charge in [-0.2, -0.15) is 0 Å². The Balaban J connectivity index is 1.40. The topological polar surface area (TPSA) is 54.6 Å². The van der Waals surface area contributed by atoms with E-state index in [1.165, 1.54) is 27.6 Å². The van der Waals surface area contributed by atoms with Gasteiger partial charge in [-0.25, -0.2) is 0 Å². The molecule has 0 aliphatic carbocycles. The van der Waals surface area contributed by atoms with Crippen molar-refractivity contribution >= 4 is 22.4 Å². The molecule has 0 fully saturated rings. The molecular weight excluding hydrogens is 352 g/mol. The largest absolute Gasteiger partial charge is 0.497 e. The number of hydrogen-bond acceptors (Lipinski definition) is 3. The van der Waals surface area contributed by atoms with Gasteiger partial charge in [0.2, 0.25) is 0 Å². The van der Waals surface area contributed by atoms with Gasteiger partial charge in [0.15, 0.2) is 6.61 Å². The van der Waals surface area contributed by atoms with E-state index in [1.54, 1.807) is 13.2 Å². The first-order valence-electron chi connectivity index (χ1n) is 9.46. The minimum atomic E-state index is -0.00658. The normalized spacial score (nSPS) is 14.1. The molecule has 0 saturated carbocycles. The van der Waals surface area contributed by atoms with Gasteiger partial charge in [0, 0.05) is 41.8 Å². The van der Waals surface area contributed by atoms with Crippen LogP contribution < -0.4 is 9.47 Å². The third kappa shape index (κ3) is 3.60. The molecular formula is C23H24N2O3. The molecule has 0 unspecified atom stereocenters. The second kappa shape index (κ2) is 7.80. The average molecular weight is 376 g/mol. The average Bonchev–Trinajstić information content (AvgIpc) is 3.18. The summed E-state index contributed by atoms with van der Waals surface area (Å²) >= 11 is 0. The van der Waals surface area contributed by atoms with Crippen LogP contribution in [0.3, 0.4) is 0 Å². The number of carbonyl (C=O) groups is 1. The molecule has 0 spiro atoms. The molecule has 1 N–H and O–H groups in total. The third-order valence-electron chi connectivity index (χ3n) is 5.24. The molecule has 1 aliphatic heterocycles. The molecule has 4 rings (SSSR count). The quantitative estimate of drug-likeness (QED) is 0.727. The van der Waals surface area contributed by atoms with Gasteiger partial charge in [0.1, 0.15) is 11.5 Å². The first kappa shape index (κ1) is 18.2. The van der Waals surface area contributed by atoms with Crippen molar-refractivity contribution in [2.24, 2.45) is 0 Å². The molecule has 1 aromatic heterocycles. The highest BCUT2D eigenvalue weighted by Gasteiger charge is 2.20. The lowest BCUT2D eigenvalue weighted by Gasteiger charge is -2.26. The summed E-state index contributed by atoms with van der Waals surface area (Å²) in [5.74, 6) is 1.34. The summed E-state index contributed by atoms with van der Waals surface area (Å²) in [6.45, 7) is 3.45. The number of carbonyl (C=O) groups excluding carboxylic acids is 1. The number of nitrogens with one attached hydrogen (secondary N) is 1. The Hall–Kier alpha value is -3.21. The summed E-state index contributed by atoms with van der Waals surface area (Å²) in [6.07, 6.45) is 5.07. The number of ether oxygens (including phenoxy) is 2. The Morgan fingerprint density at radius 3 is 2.79 bits per heavy atom. The van der Waals surface area contributed by atoms with Crippen molar-refractivity contribution in [2.75, 3.05) is 26.8 Å². The summed E-state index contributed by atoms with van der Waals surface area (Å²) in [6, 6.07) is 13.6. The number of H-pyrrole nitrogens is 1. The molecule has 0 radical (unpaired) electrons. The van der Waals surface area contributed by atoms with Crippen molar-refractivity contribution in [3.8, 4) is 11.5 Å². The van der Waals surface area contributed by atoms with Crippen LogP contribution in [0.4, 0.5) is 0 Å². The maximum atomic E-state index is 12.5. The summed E-state index contributed by atoms with van der Waals surface area (Å²) in [4.78, 5) is 17.7. The van der Waals surface area contributed by atoms with Crippen LogP contribution in [0.15, 0.2) is 54.7 Å². The lowest BCUT2D eigenvalue weighted by molar-refractivity contribution is -0.132. The molecule has 2 aromatic carbocycles. The van der Waals surface area contributed by atoms with E-state index >= 15 is 0 Å². The molecule has 5 heteroatoms. The maximum absolute atomic E-state index is 12.5. The van der Waals surface area contributed by atoms with Gasteiger partial charge in [0.25, 0.3) is 5.91 Å². The van der Waals surface area contributed by atoms with E-state index in [4.69, 9.17) is 9.47 Å². The highest BCUT2D eigenvalue weighted by Crippen LogP contribution is 2.30. The van der Waals surface area contributed by atoms with E-state index in [2.05, 4.69) is 42.4 Å². The van der Waals surface area contributed by atoms with Crippen LogP contribution in [0.2, 0.25) is 0 Å². The fourth-order valence-corrected chi connectivity index (χ4v) is 3.64. The first-order chi connectivity index (χ1) is 13.7. The van der Waals surface area contributed by atoms with E-state index in [1.807, 2.05) is 23.1 Å². The van der Waals surface area contributed by atoms with Crippen molar-refractivity contribution < 1.29 is 14.3 Å². The fraction of sp³-hybridized carbons (Fsp3) is 0.261. The summed E-state index contributed by atoms with van der Waals surface area (Å²) in [7, 11) is 1.61. The number of amides is 1. The standard InChI is InChI=1S/C23H24N2O3/c1-16-5-3-8-20-21(14-24-23(16)20)17-9-11-25(12-10-17)22(26)15-28-19-7-4-6-18(13-19)27-2/h3-9,13-14,24H,10-12,15H2,1-2H3. The minimum Gasteiger partial charge on any atom is -0.497 e. The van der Waals surface area contributed by atoms with Crippen molar-refractivity contribution in [2.45, 2.75) is 13.3 Å². The van der Waals surface area contributed by atoms with Crippen molar-refractivity contribution in [3.63, 3.8) is 0 Å². The zero-order valence-electron chi connectivity index (χ0n) is 16.2. The molecule has 3 aromatic rings. The van der Waals surface area contributed by atoms with Crippen molar-refractivity contribution in [1.82, 2.24) is 9.88 Å². The van der Waals surface area contributed by atoms with Crippen LogP contribution in [0, 0.1) is 6.92 Å². The van der Waals surface area contributed by atoms with E-state index in [0.717, 1.165) is 6.42 Å². The van der Waals surface area contributed by atoms with E-state index < -0.39 is 0 Å². The predicted molar refractivity (Wildman–Crippen MR) is 111 cm³/mol. The number of methoxy groups -OCH3 is 1. The van der Waals surface area contributed by atoms with Gasteiger partial charge >= 0.3 is 0 Å². The summed E-state index contributed by atoms with van der Waals surface area (Å²) in [5.41, 5.74) is 4.95. The van der Waals surface area contributed by atoms with Crippen LogP contribution in [-0.4, -0.2) is 42.6 Å². The zero-order chi connectivity index (χ0) is 19.5. The first-order valence-corrected chi connectivity index (χ1v) is 9.46. The Kier molecular flexibility index (Phi) is 5.06.